The van der Waals surface area contributed by atoms with Gasteiger partial charge in [0, 0.05) is 24.6 Å². The molecule has 3 unspecified atom stereocenters. The Morgan fingerprint density at radius 3 is 2.81 bits per heavy atom. The standard InChI is InChI=1S/C20H23F2N3O2/c1-11(2)24-15-6-4-5-14(22)19(15)25(20(24)26)18-13-8-7-12(21)9-16(13)27-17(18)10-23-3/h4-7,9,11,13,17-18,23H,8,10H2,1-3H3. The van der Waals surface area contributed by atoms with Crippen molar-refractivity contribution in [1.29, 1.82) is 0 Å². The second-order valence-corrected chi connectivity index (χ2v) is 7.41. The molecule has 0 bridgehead atoms. The molecule has 1 fully saturated rings. The third-order valence-corrected chi connectivity index (χ3v) is 5.39. The molecule has 5 nitrogen and oxygen atoms in total. The number of halogens is 2. The summed E-state index contributed by atoms with van der Waals surface area (Å²) >= 11 is 0. The number of hydrogen-bond donors (Lipinski definition) is 1. The average molecular weight is 375 g/mol. The first-order valence-electron chi connectivity index (χ1n) is 9.23. The minimum absolute atomic E-state index is 0.119. The van der Waals surface area contributed by atoms with Gasteiger partial charge in [-0.3, -0.25) is 9.13 Å². The maximum atomic E-state index is 14.8. The van der Waals surface area contributed by atoms with Crippen LogP contribution in [0.2, 0.25) is 0 Å². The van der Waals surface area contributed by atoms with Gasteiger partial charge in [-0.15, -0.1) is 0 Å². The number of hydrogen-bond acceptors (Lipinski definition) is 3. The lowest BCUT2D eigenvalue weighted by Gasteiger charge is -2.23. The van der Waals surface area contributed by atoms with Crippen LogP contribution in [-0.4, -0.2) is 28.8 Å². The number of fused-ring (bicyclic) bond motifs is 2. The van der Waals surface area contributed by atoms with Crippen molar-refractivity contribution in [3.8, 4) is 0 Å². The number of ether oxygens (including phenoxy) is 1. The van der Waals surface area contributed by atoms with Gasteiger partial charge < -0.3 is 10.1 Å². The number of likely N-dealkylation sites (N-methyl/N-ethyl adjacent to an activating group) is 1. The molecule has 1 saturated heterocycles. The summed E-state index contributed by atoms with van der Waals surface area (Å²) in [6.45, 7) is 4.27. The second kappa shape index (κ2) is 6.64. The highest BCUT2D eigenvalue weighted by molar-refractivity contribution is 5.77. The number of allylic oxidation sites excluding steroid dienone is 4. The van der Waals surface area contributed by atoms with E-state index in [1.807, 2.05) is 13.8 Å². The highest BCUT2D eigenvalue weighted by Crippen LogP contribution is 2.45. The molecule has 0 spiro atoms. The van der Waals surface area contributed by atoms with E-state index in [1.54, 1.807) is 23.7 Å². The van der Waals surface area contributed by atoms with Gasteiger partial charge in [-0.2, -0.15) is 0 Å². The lowest BCUT2D eigenvalue weighted by atomic mass is 9.90. The molecule has 3 atom stereocenters. The predicted molar refractivity (Wildman–Crippen MR) is 99.8 cm³/mol. The van der Waals surface area contributed by atoms with Crippen molar-refractivity contribution in [2.24, 2.45) is 5.92 Å². The molecule has 1 aromatic heterocycles. The van der Waals surface area contributed by atoms with Gasteiger partial charge in [0.25, 0.3) is 0 Å². The fourth-order valence-corrected chi connectivity index (χ4v) is 4.33. The number of nitrogens with one attached hydrogen (secondary N) is 1. The first kappa shape index (κ1) is 18.0. The number of para-hydroxylation sites is 1. The van der Waals surface area contributed by atoms with Gasteiger partial charge in [-0.05, 0) is 45.5 Å². The predicted octanol–water partition coefficient (Wildman–Crippen LogP) is 3.44. The minimum atomic E-state index is -0.442. The van der Waals surface area contributed by atoms with Crippen LogP contribution in [0.3, 0.4) is 0 Å². The summed E-state index contributed by atoms with van der Waals surface area (Å²) in [6, 6.07) is 4.20. The van der Waals surface area contributed by atoms with Gasteiger partial charge in [0.2, 0.25) is 0 Å². The lowest BCUT2D eigenvalue weighted by molar-refractivity contribution is 0.132. The van der Waals surface area contributed by atoms with E-state index in [9.17, 15) is 13.6 Å². The third kappa shape index (κ3) is 2.72. The Balaban J connectivity index is 1.97. The fourth-order valence-electron chi connectivity index (χ4n) is 4.33. The summed E-state index contributed by atoms with van der Waals surface area (Å²) in [5, 5.41) is 3.06. The molecule has 2 heterocycles. The van der Waals surface area contributed by atoms with E-state index in [1.165, 1.54) is 22.8 Å². The van der Waals surface area contributed by atoms with Crippen LogP contribution in [0.5, 0.6) is 0 Å². The summed E-state index contributed by atoms with van der Waals surface area (Å²) < 4.78 is 37.7. The maximum absolute atomic E-state index is 14.8. The van der Waals surface area contributed by atoms with Crippen molar-refractivity contribution in [2.45, 2.75) is 38.5 Å². The topological polar surface area (TPSA) is 48.2 Å². The van der Waals surface area contributed by atoms with Crippen LogP contribution in [0.15, 0.2) is 46.7 Å². The Bertz CT molecular complexity index is 1000. The van der Waals surface area contributed by atoms with Crippen molar-refractivity contribution in [3.05, 3.63) is 58.2 Å². The van der Waals surface area contributed by atoms with E-state index in [4.69, 9.17) is 4.74 Å². The van der Waals surface area contributed by atoms with Crippen LogP contribution in [-0.2, 0) is 4.74 Å². The Morgan fingerprint density at radius 2 is 2.11 bits per heavy atom. The Hall–Kier alpha value is -2.41. The highest BCUT2D eigenvalue weighted by Gasteiger charge is 2.45. The van der Waals surface area contributed by atoms with E-state index in [-0.39, 0.29) is 29.0 Å². The van der Waals surface area contributed by atoms with Crippen molar-refractivity contribution in [2.75, 3.05) is 13.6 Å². The van der Waals surface area contributed by atoms with Gasteiger partial charge in [-0.1, -0.05) is 6.07 Å². The summed E-state index contributed by atoms with van der Waals surface area (Å²) in [7, 11) is 1.79. The normalized spacial score (nSPS) is 24.7. The maximum Gasteiger partial charge on any atom is 0.329 e. The first-order valence-corrected chi connectivity index (χ1v) is 9.23. The molecule has 7 heteroatoms. The van der Waals surface area contributed by atoms with E-state index in [2.05, 4.69) is 5.32 Å². The molecule has 1 aliphatic carbocycles. The Kier molecular flexibility index (Phi) is 4.42. The zero-order valence-corrected chi connectivity index (χ0v) is 15.6. The molecule has 27 heavy (non-hydrogen) atoms. The molecule has 144 valence electrons. The lowest BCUT2D eigenvalue weighted by Crippen LogP contribution is -2.38. The van der Waals surface area contributed by atoms with E-state index >= 15 is 0 Å². The first-order chi connectivity index (χ1) is 12.9. The summed E-state index contributed by atoms with van der Waals surface area (Å²) in [5.74, 6) is -0.462. The molecule has 0 amide bonds. The molecule has 0 radical (unpaired) electrons. The molecule has 0 saturated carbocycles. The molecule has 4 rings (SSSR count). The molecule has 1 N–H and O–H groups in total. The molecule has 2 aromatic rings. The SMILES string of the molecule is CNCC1OC2=CC(F)=CCC2C1n1c(=O)n(C(C)C)c2cccc(F)c21. The van der Waals surface area contributed by atoms with Crippen molar-refractivity contribution in [3.63, 3.8) is 0 Å². The minimum Gasteiger partial charge on any atom is -0.491 e. The molecule has 2 aliphatic rings. The quantitative estimate of drug-likeness (QED) is 0.891. The average Bonchev–Trinajstić information content (AvgIpc) is 3.09. The van der Waals surface area contributed by atoms with Crippen molar-refractivity contribution in [1.82, 2.24) is 14.5 Å². The zero-order chi connectivity index (χ0) is 19.3. The van der Waals surface area contributed by atoms with Crippen LogP contribution in [0.1, 0.15) is 32.4 Å². The van der Waals surface area contributed by atoms with Crippen LogP contribution in [0, 0.1) is 11.7 Å². The largest absolute Gasteiger partial charge is 0.491 e. The van der Waals surface area contributed by atoms with Crippen molar-refractivity contribution < 1.29 is 13.5 Å². The Morgan fingerprint density at radius 1 is 1.33 bits per heavy atom. The number of benzene rings is 1. The summed E-state index contributed by atoms with van der Waals surface area (Å²) in [6.07, 6.45) is 2.89. The van der Waals surface area contributed by atoms with Crippen LogP contribution in [0.25, 0.3) is 11.0 Å². The number of nitrogens with zero attached hydrogens (tertiary/aromatic N) is 2. The van der Waals surface area contributed by atoms with Gasteiger partial charge in [0.1, 0.15) is 29.0 Å². The van der Waals surface area contributed by atoms with Gasteiger partial charge >= 0.3 is 5.69 Å². The molecule has 1 aliphatic heterocycles. The Labute approximate surface area is 155 Å². The summed E-state index contributed by atoms with van der Waals surface area (Å²) in [4.78, 5) is 13.3. The van der Waals surface area contributed by atoms with E-state index in [0.29, 0.717) is 24.2 Å². The van der Waals surface area contributed by atoms with Crippen LogP contribution in [0.4, 0.5) is 8.78 Å². The van der Waals surface area contributed by atoms with Crippen LogP contribution < -0.4 is 11.0 Å². The van der Waals surface area contributed by atoms with Crippen LogP contribution >= 0.6 is 0 Å². The van der Waals surface area contributed by atoms with Gasteiger partial charge in [0.15, 0.2) is 0 Å². The summed E-state index contributed by atoms with van der Waals surface area (Å²) in [5.41, 5.74) is 0.575. The number of aromatic nitrogens is 2. The van der Waals surface area contributed by atoms with Gasteiger partial charge in [-0.25, -0.2) is 13.6 Å². The van der Waals surface area contributed by atoms with E-state index < -0.39 is 18.0 Å². The monoisotopic (exact) mass is 375 g/mol. The third-order valence-electron chi connectivity index (χ3n) is 5.39. The van der Waals surface area contributed by atoms with Gasteiger partial charge in [0.05, 0.1) is 11.6 Å². The second-order valence-electron chi connectivity index (χ2n) is 7.41. The molecule has 1 aromatic carbocycles. The smallest absolute Gasteiger partial charge is 0.329 e. The number of rotatable bonds is 4. The fraction of sp³-hybridized carbons (Fsp3) is 0.450. The van der Waals surface area contributed by atoms with Crippen molar-refractivity contribution >= 4 is 11.0 Å². The highest BCUT2D eigenvalue weighted by atomic mass is 19.1. The zero-order valence-electron chi connectivity index (χ0n) is 15.6. The molecular weight excluding hydrogens is 352 g/mol. The van der Waals surface area contributed by atoms with E-state index in [0.717, 1.165) is 0 Å². The molecular formula is C20H23F2N3O2. The number of imidazole rings is 1.